The molecule has 2 aliphatic rings. The number of allylic oxidation sites excluding steroid dienone is 3. The van der Waals surface area contributed by atoms with E-state index in [-0.39, 0.29) is 5.82 Å². The molecule has 2 aliphatic carbocycles. The summed E-state index contributed by atoms with van der Waals surface area (Å²) in [5.74, 6) is 2.36. The van der Waals surface area contributed by atoms with Crippen molar-refractivity contribution in [2.75, 3.05) is 27.8 Å². The molecule has 1 N–H and O–H groups in total. The van der Waals surface area contributed by atoms with E-state index in [1.165, 1.54) is 31.4 Å². The van der Waals surface area contributed by atoms with Gasteiger partial charge in [-0.1, -0.05) is 58.9 Å². The number of carbonyl (C=O) groups excluding carboxylic acids is 1. The van der Waals surface area contributed by atoms with E-state index in [0.717, 1.165) is 58.7 Å². The number of benzene rings is 2. The third-order valence-electron chi connectivity index (χ3n) is 7.91. The predicted octanol–water partition coefficient (Wildman–Crippen LogP) is 8.79. The molecule has 0 aliphatic heterocycles. The summed E-state index contributed by atoms with van der Waals surface area (Å²) in [4.78, 5) is 14.9. The summed E-state index contributed by atoms with van der Waals surface area (Å²) in [6, 6.07) is 10.0. The molecule has 0 spiro atoms. The van der Waals surface area contributed by atoms with Gasteiger partial charge in [0.05, 0.1) is 14.2 Å². The van der Waals surface area contributed by atoms with Gasteiger partial charge in [0.25, 0.3) is 0 Å². The molecule has 1 atom stereocenters. The summed E-state index contributed by atoms with van der Waals surface area (Å²) in [5, 5.41) is 5.03. The van der Waals surface area contributed by atoms with Crippen LogP contribution < -0.4 is 20.5 Å². The van der Waals surface area contributed by atoms with Gasteiger partial charge >= 0.3 is 0 Å². The average molecular weight is 655 g/mol. The molecular weight excluding hydrogens is 594 g/mol. The van der Waals surface area contributed by atoms with Crippen LogP contribution in [-0.2, 0) is 11.2 Å². The van der Waals surface area contributed by atoms with Gasteiger partial charge in [-0.05, 0) is 113 Å². The number of aldehydes is 1. The van der Waals surface area contributed by atoms with Crippen LogP contribution in [0, 0.1) is 17.7 Å². The molecule has 0 heterocycles. The van der Waals surface area contributed by atoms with Gasteiger partial charge < -0.3 is 14.8 Å². The Morgan fingerprint density at radius 1 is 1.13 bits per heavy atom. The Labute approximate surface area is 283 Å². The number of carbonyl (C=O) groups is 1. The smallest absolute Gasteiger partial charge is 0.150 e. The number of aliphatic imine (C=N–C) groups is 1. The lowest BCUT2D eigenvalue weighted by Crippen LogP contribution is -2.31. The number of nitrogens with zero attached hydrogens (tertiary/aromatic N) is 1. The molecule has 1 unspecified atom stereocenters. The van der Waals surface area contributed by atoms with Gasteiger partial charge in [0, 0.05) is 35.4 Å². The fraction of sp³-hybridized carbons (Fsp3) is 0.500. The van der Waals surface area contributed by atoms with Crippen LogP contribution in [0.15, 0.2) is 64.5 Å². The second kappa shape index (κ2) is 23.7. The minimum Gasteiger partial charge on any atom is -0.500 e. The van der Waals surface area contributed by atoms with Crippen molar-refractivity contribution in [1.82, 2.24) is 5.32 Å². The highest BCUT2D eigenvalue weighted by Crippen LogP contribution is 2.38. The Morgan fingerprint density at radius 3 is 2.09 bits per heavy atom. The summed E-state index contributed by atoms with van der Waals surface area (Å²) < 4.78 is 35.6. The van der Waals surface area contributed by atoms with E-state index in [1.807, 2.05) is 54.7 Å². The maximum Gasteiger partial charge on any atom is 0.150 e. The van der Waals surface area contributed by atoms with Crippen LogP contribution in [0.2, 0.25) is 0 Å². The standard InChI is InChI=1S/C21H29FN2O.C11H12O2.C4H7F.2C2H6/c1-15(21(25-4)13-16-8-10-18(22)11-9-16)12-20(24-3)19(14-23-2)17-6-5-7-17;1-4-10-5-9(7-12)6-11(13-3)8(10)2;1-4(5)2-3-4;2*1-2/h8-12,17,19,23H,3,5-7,13-14H2,1-2,4H3;4-7H,2H2,1,3H3;2-3H2,1H3;2*1-2H3/b20-12-,21-15+;10-4-;;;. The third kappa shape index (κ3) is 15.7. The van der Waals surface area contributed by atoms with Crippen LogP contribution >= 0.6 is 0 Å². The largest absolute Gasteiger partial charge is 0.500 e. The second-order valence-electron chi connectivity index (χ2n) is 11.3. The van der Waals surface area contributed by atoms with Crippen molar-refractivity contribution in [2.24, 2.45) is 16.8 Å². The topological polar surface area (TPSA) is 59.9 Å². The molecule has 0 saturated heterocycles. The van der Waals surface area contributed by atoms with Crippen molar-refractivity contribution < 1.29 is 23.0 Å². The summed E-state index contributed by atoms with van der Waals surface area (Å²) >= 11 is 0. The first kappa shape index (κ1) is 43.4. The van der Waals surface area contributed by atoms with Crippen LogP contribution in [0.3, 0.4) is 0 Å². The van der Waals surface area contributed by atoms with Crippen LogP contribution in [0.4, 0.5) is 8.78 Å². The average Bonchev–Trinajstić information content (AvgIpc) is 3.78. The molecule has 2 aromatic carbocycles. The summed E-state index contributed by atoms with van der Waals surface area (Å²) in [7, 11) is 5.22. The molecule has 7 heteroatoms. The normalized spacial score (nSPS) is 15.9. The third-order valence-corrected chi connectivity index (χ3v) is 7.91. The molecule has 2 aromatic rings. The highest BCUT2D eigenvalue weighted by Gasteiger charge is 2.36. The Hall–Kier alpha value is -3.58. The van der Waals surface area contributed by atoms with E-state index in [4.69, 9.17) is 9.47 Å². The summed E-state index contributed by atoms with van der Waals surface area (Å²) in [6.45, 7) is 22.1. The quantitative estimate of drug-likeness (QED) is 0.114. The predicted molar refractivity (Wildman–Crippen MR) is 197 cm³/mol. The minimum atomic E-state index is -0.750. The minimum absolute atomic E-state index is 0.225. The van der Waals surface area contributed by atoms with Crippen molar-refractivity contribution in [3.63, 3.8) is 0 Å². The number of methoxy groups -OCH3 is 2. The van der Waals surface area contributed by atoms with E-state index in [0.29, 0.717) is 29.6 Å². The molecule has 4 rings (SSSR count). The maximum atomic E-state index is 13.1. The first-order valence-corrected chi connectivity index (χ1v) is 16.8. The van der Waals surface area contributed by atoms with Gasteiger partial charge in [0.15, 0.2) is 0 Å². The molecule has 0 radical (unpaired) electrons. The zero-order valence-electron chi connectivity index (χ0n) is 30.6. The van der Waals surface area contributed by atoms with Gasteiger partial charge in [-0.2, -0.15) is 0 Å². The number of alkyl halides is 1. The molecule has 0 bridgehead atoms. The molecule has 0 amide bonds. The van der Waals surface area contributed by atoms with E-state index in [9.17, 15) is 13.6 Å². The van der Waals surface area contributed by atoms with Crippen molar-refractivity contribution in [2.45, 2.75) is 92.7 Å². The zero-order chi connectivity index (χ0) is 36.0. The number of rotatable bonds is 11. The van der Waals surface area contributed by atoms with Gasteiger partial charge in [-0.25, -0.2) is 8.78 Å². The number of halogens is 2. The van der Waals surface area contributed by atoms with Gasteiger partial charge in [0.1, 0.15) is 29.3 Å². The van der Waals surface area contributed by atoms with Gasteiger partial charge in [0.2, 0.25) is 0 Å². The first-order chi connectivity index (χ1) is 22.5. The highest BCUT2D eigenvalue weighted by molar-refractivity contribution is 5.75. The SMILES string of the molecule is C=N/C(=C\C(C)=C(/Cc1ccc(F)cc1)OC)C(CNC)C1CCC1.C=c1c(OC)cc(C=O)c/c1=C/C.CC.CC.CC1(F)CC1. The number of hydrogen-bond donors (Lipinski definition) is 1. The van der Waals surface area contributed by atoms with Crippen molar-refractivity contribution in [3.05, 3.63) is 86.9 Å². The van der Waals surface area contributed by atoms with Crippen LogP contribution in [-0.4, -0.2) is 46.5 Å². The van der Waals surface area contributed by atoms with Crippen LogP contribution in [0.25, 0.3) is 12.7 Å². The van der Waals surface area contributed by atoms with Crippen molar-refractivity contribution in [3.8, 4) is 5.75 Å². The first-order valence-electron chi connectivity index (χ1n) is 16.8. The second-order valence-corrected chi connectivity index (χ2v) is 11.3. The van der Waals surface area contributed by atoms with Crippen LogP contribution in [0.5, 0.6) is 5.75 Å². The maximum absolute atomic E-state index is 13.1. The van der Waals surface area contributed by atoms with Gasteiger partial charge in [-0.3, -0.25) is 9.79 Å². The molecule has 262 valence electrons. The van der Waals surface area contributed by atoms with E-state index in [2.05, 4.69) is 29.7 Å². The molecule has 5 nitrogen and oxygen atoms in total. The van der Waals surface area contributed by atoms with E-state index in [1.54, 1.807) is 45.4 Å². The fourth-order valence-electron chi connectivity index (χ4n) is 4.68. The number of hydrogen-bond acceptors (Lipinski definition) is 5. The molecule has 2 fully saturated rings. The Balaban J connectivity index is 0.000000795. The molecule has 47 heavy (non-hydrogen) atoms. The van der Waals surface area contributed by atoms with E-state index >= 15 is 0 Å². The Bertz CT molecular complexity index is 1370. The lowest BCUT2D eigenvalue weighted by molar-refractivity contribution is 0.112. The van der Waals surface area contributed by atoms with E-state index < -0.39 is 5.67 Å². The lowest BCUT2D eigenvalue weighted by atomic mass is 9.74. The Kier molecular flexibility index (Phi) is 21.9. The highest BCUT2D eigenvalue weighted by atomic mass is 19.1. The van der Waals surface area contributed by atoms with Gasteiger partial charge in [-0.15, -0.1) is 0 Å². The number of nitrogens with one attached hydrogen (secondary N) is 1. The summed E-state index contributed by atoms with van der Waals surface area (Å²) in [6.07, 6.45) is 10.8. The lowest BCUT2D eigenvalue weighted by Gasteiger charge is -2.34. The zero-order valence-corrected chi connectivity index (χ0v) is 30.6. The number of ether oxygens (including phenoxy) is 2. The van der Waals surface area contributed by atoms with Crippen LogP contribution in [0.1, 0.15) is 96.5 Å². The Morgan fingerprint density at radius 2 is 1.70 bits per heavy atom. The molecule has 0 aromatic heterocycles. The van der Waals surface area contributed by atoms with Crippen molar-refractivity contribution >= 4 is 25.7 Å². The monoisotopic (exact) mass is 654 g/mol. The molecular formula is C40H60F2N2O3. The molecule has 2 saturated carbocycles. The van der Waals surface area contributed by atoms with Crippen molar-refractivity contribution in [1.29, 1.82) is 0 Å². The summed E-state index contributed by atoms with van der Waals surface area (Å²) in [5.41, 5.74) is 2.93. The fourth-order valence-corrected chi connectivity index (χ4v) is 4.68.